The van der Waals surface area contributed by atoms with Crippen molar-refractivity contribution in [2.24, 2.45) is 0 Å². The predicted octanol–water partition coefficient (Wildman–Crippen LogP) is 9.77. The number of pyridine rings is 4. The van der Waals surface area contributed by atoms with Gasteiger partial charge in [0.15, 0.2) is 10.3 Å². The molecular formula is C44H45Cl3N10O2S2. The highest BCUT2D eigenvalue weighted by molar-refractivity contribution is 7.18. The lowest BCUT2D eigenvalue weighted by Gasteiger charge is -2.25. The summed E-state index contributed by atoms with van der Waals surface area (Å²) >= 11 is 21.4. The highest BCUT2D eigenvalue weighted by atomic mass is 35.5. The largest absolute Gasteiger partial charge is 0.351 e. The second-order valence-corrected chi connectivity index (χ2v) is 18.7. The normalized spacial score (nSPS) is 15.8. The zero-order valence-electron chi connectivity index (χ0n) is 34.4. The van der Waals surface area contributed by atoms with Gasteiger partial charge in [0.2, 0.25) is 0 Å². The van der Waals surface area contributed by atoms with E-state index in [2.05, 4.69) is 52.2 Å². The minimum absolute atomic E-state index is 0.0337. The van der Waals surface area contributed by atoms with E-state index in [0.717, 1.165) is 122 Å². The molecule has 0 radical (unpaired) electrons. The summed E-state index contributed by atoms with van der Waals surface area (Å²) in [5.74, 6) is 0.621. The summed E-state index contributed by atoms with van der Waals surface area (Å²) in [5.41, 5.74) is 9.51. The Balaban J connectivity index is 0.000000139. The third-order valence-electron chi connectivity index (χ3n) is 10.9. The molecule has 4 aliphatic rings. The van der Waals surface area contributed by atoms with E-state index in [-0.39, 0.29) is 11.8 Å². The maximum absolute atomic E-state index is 13.3. The van der Waals surface area contributed by atoms with Gasteiger partial charge in [-0.15, -0.1) is 0 Å². The van der Waals surface area contributed by atoms with Gasteiger partial charge >= 0.3 is 0 Å². The topological polar surface area (TPSA) is 133 Å². The van der Waals surface area contributed by atoms with Crippen molar-refractivity contribution in [3.05, 3.63) is 108 Å². The lowest BCUT2D eigenvalue weighted by molar-refractivity contribution is 0.0948. The van der Waals surface area contributed by atoms with E-state index >= 15 is 0 Å². The SMILES string of the molecule is Cc1cnc(-c2cc(Cl)ncc2Cl)c(C)c1.Cc1cnc(-c2cc(N3CCc4nc(N5CCCC5)sc4C3=O)ncc2Cl)c(C)c1.O=C1NCCc2nc(N3CCCC3)sc21. The van der Waals surface area contributed by atoms with Crippen LogP contribution in [0.3, 0.4) is 0 Å². The van der Waals surface area contributed by atoms with E-state index in [1.165, 1.54) is 37.0 Å². The molecule has 0 atom stereocenters. The van der Waals surface area contributed by atoms with Crippen LogP contribution in [-0.2, 0) is 12.8 Å². The molecule has 6 aromatic rings. The Kier molecular flexibility index (Phi) is 13.2. The summed E-state index contributed by atoms with van der Waals surface area (Å²) < 4.78 is 0. The van der Waals surface area contributed by atoms with Crippen LogP contribution in [0.2, 0.25) is 15.2 Å². The Labute approximate surface area is 378 Å². The summed E-state index contributed by atoms with van der Waals surface area (Å²) in [7, 11) is 0. The summed E-state index contributed by atoms with van der Waals surface area (Å²) in [6.07, 6.45) is 13.3. The Bertz CT molecular complexity index is 2600. The van der Waals surface area contributed by atoms with Crippen LogP contribution in [0, 0.1) is 27.7 Å². The molecule has 0 aromatic carbocycles. The quantitative estimate of drug-likeness (QED) is 0.167. The zero-order valence-corrected chi connectivity index (χ0v) is 38.3. The molecule has 17 heteroatoms. The highest BCUT2D eigenvalue weighted by Crippen LogP contribution is 2.37. The van der Waals surface area contributed by atoms with E-state index in [4.69, 9.17) is 39.8 Å². The maximum Gasteiger partial charge on any atom is 0.271 e. The van der Waals surface area contributed by atoms with E-state index in [1.54, 1.807) is 34.7 Å². The van der Waals surface area contributed by atoms with Gasteiger partial charge in [0.25, 0.3) is 11.8 Å². The molecular weight excluding hydrogens is 871 g/mol. The smallest absolute Gasteiger partial charge is 0.271 e. The minimum atomic E-state index is -0.0337. The number of nitrogens with zero attached hydrogens (tertiary/aromatic N) is 9. The number of halogens is 3. The lowest BCUT2D eigenvalue weighted by Crippen LogP contribution is -2.37. The van der Waals surface area contributed by atoms with Crippen molar-refractivity contribution in [3.8, 4) is 22.5 Å². The average molecular weight is 916 g/mol. The number of amides is 2. The number of hydrogen-bond donors (Lipinski definition) is 1. The Hall–Kier alpha value is -4.73. The van der Waals surface area contributed by atoms with Crippen molar-refractivity contribution in [3.63, 3.8) is 0 Å². The molecule has 0 saturated carbocycles. The standard InChI is InChI=1S/C22H22ClN5OS.C12H10Cl2N2.C10H13N3OS/c1-13-9-14(2)19(25-11-13)15-10-18(24-12-16(15)23)28-8-5-17-20(21(28)29)30-22(26-17)27-6-3-4-7-27;1-7-3-8(2)12(16-5-7)9-4-11(14)15-6-10(9)13;14-9-8-7(3-4-11-9)12-10(15-8)13-5-1-2-6-13/h9-12H,3-8H2,1-2H3;3-6H,1-2H3;1-6H2,(H,11,14). The number of fused-ring (bicyclic) bond motifs is 2. The molecule has 10 rings (SSSR count). The monoisotopic (exact) mass is 914 g/mol. The molecule has 2 fully saturated rings. The van der Waals surface area contributed by atoms with Crippen molar-refractivity contribution in [1.82, 2.24) is 35.2 Å². The van der Waals surface area contributed by atoms with Crippen LogP contribution in [0.1, 0.15) is 78.7 Å². The maximum atomic E-state index is 13.3. The number of carbonyl (C=O) groups is 2. The Morgan fingerprint density at radius 2 is 1.13 bits per heavy atom. The fourth-order valence-corrected chi connectivity index (χ4v) is 10.6. The van der Waals surface area contributed by atoms with Crippen LogP contribution in [0.15, 0.2) is 49.1 Å². The molecule has 0 spiro atoms. The van der Waals surface area contributed by atoms with Crippen LogP contribution in [0.5, 0.6) is 0 Å². The van der Waals surface area contributed by atoms with Gasteiger partial charge in [0, 0.05) is 88.0 Å². The summed E-state index contributed by atoms with van der Waals surface area (Å²) in [5, 5.41) is 6.36. The number of nitrogens with one attached hydrogen (secondary N) is 1. The molecule has 0 aliphatic carbocycles. The van der Waals surface area contributed by atoms with E-state index < -0.39 is 0 Å². The first kappa shape index (κ1) is 42.9. The van der Waals surface area contributed by atoms with Crippen molar-refractivity contribution in [1.29, 1.82) is 0 Å². The predicted molar refractivity (Wildman–Crippen MR) is 247 cm³/mol. The van der Waals surface area contributed by atoms with Crippen molar-refractivity contribution in [2.75, 3.05) is 54.0 Å². The number of carbonyl (C=O) groups excluding carboxylic acids is 2. The van der Waals surface area contributed by atoms with E-state index in [0.29, 0.717) is 27.6 Å². The van der Waals surface area contributed by atoms with Crippen LogP contribution >= 0.6 is 57.5 Å². The summed E-state index contributed by atoms with van der Waals surface area (Å²) in [4.78, 5) is 59.3. The first-order valence-electron chi connectivity index (χ1n) is 20.4. The summed E-state index contributed by atoms with van der Waals surface area (Å²) in [6.45, 7) is 13.6. The number of hydrogen-bond acceptors (Lipinski definition) is 12. The summed E-state index contributed by atoms with van der Waals surface area (Å²) in [6, 6.07) is 7.74. The van der Waals surface area contributed by atoms with Crippen LogP contribution in [-0.4, -0.2) is 81.0 Å². The Morgan fingerprint density at radius 3 is 1.69 bits per heavy atom. The van der Waals surface area contributed by atoms with Gasteiger partial charge in [0.1, 0.15) is 20.7 Å². The van der Waals surface area contributed by atoms with Crippen molar-refractivity contribution >= 4 is 85.4 Å². The number of anilines is 3. The molecule has 2 saturated heterocycles. The van der Waals surface area contributed by atoms with Crippen LogP contribution in [0.4, 0.5) is 16.1 Å². The zero-order chi connectivity index (χ0) is 42.8. The number of thiazole rings is 2. The van der Waals surface area contributed by atoms with Gasteiger partial charge in [-0.25, -0.2) is 19.9 Å². The third-order valence-corrected chi connectivity index (χ3v) is 14.0. The number of rotatable bonds is 5. The molecule has 2 amide bonds. The second kappa shape index (κ2) is 18.7. The van der Waals surface area contributed by atoms with Crippen LogP contribution < -0.4 is 20.0 Å². The number of aromatic nitrogens is 6. The fraction of sp³-hybridized carbons (Fsp3) is 0.364. The fourth-order valence-electron chi connectivity index (χ4n) is 7.83. The highest BCUT2D eigenvalue weighted by Gasteiger charge is 2.32. The minimum Gasteiger partial charge on any atom is -0.351 e. The molecule has 61 heavy (non-hydrogen) atoms. The first-order valence-corrected chi connectivity index (χ1v) is 23.1. The average Bonchev–Trinajstić information content (AvgIpc) is 4.08. The van der Waals surface area contributed by atoms with Gasteiger partial charge < -0.3 is 15.1 Å². The second-order valence-electron chi connectivity index (χ2n) is 15.5. The van der Waals surface area contributed by atoms with E-state index in [9.17, 15) is 9.59 Å². The van der Waals surface area contributed by atoms with Gasteiger partial charge in [-0.2, -0.15) is 0 Å². The molecule has 10 heterocycles. The molecule has 316 valence electrons. The lowest BCUT2D eigenvalue weighted by atomic mass is 10.1. The van der Waals surface area contributed by atoms with Gasteiger partial charge in [-0.1, -0.05) is 69.6 Å². The molecule has 12 nitrogen and oxygen atoms in total. The third kappa shape index (κ3) is 9.53. The molecule has 0 bridgehead atoms. The molecule has 0 unspecified atom stereocenters. The Morgan fingerprint density at radius 1 is 0.607 bits per heavy atom. The number of aryl methyl sites for hydroxylation is 4. The molecule has 4 aliphatic heterocycles. The van der Waals surface area contributed by atoms with E-state index in [1.807, 2.05) is 46.2 Å². The van der Waals surface area contributed by atoms with Gasteiger partial charge in [0.05, 0.1) is 32.8 Å². The van der Waals surface area contributed by atoms with Crippen LogP contribution in [0.25, 0.3) is 22.5 Å². The van der Waals surface area contributed by atoms with Crippen molar-refractivity contribution < 1.29 is 9.59 Å². The molecule has 1 N–H and O–H groups in total. The van der Waals surface area contributed by atoms with Gasteiger partial charge in [-0.3, -0.25) is 24.5 Å². The van der Waals surface area contributed by atoms with Crippen molar-refractivity contribution in [2.45, 2.75) is 66.2 Å². The van der Waals surface area contributed by atoms with Gasteiger partial charge in [-0.05, 0) is 87.8 Å². The first-order chi connectivity index (χ1) is 29.4. The molecule has 6 aromatic heterocycles.